The van der Waals surface area contributed by atoms with Crippen molar-refractivity contribution in [1.82, 2.24) is 0 Å². The molecule has 0 unspecified atom stereocenters. The highest BCUT2D eigenvalue weighted by Gasteiger charge is 2.06. The minimum Gasteiger partial charge on any atom is -0.507 e. The van der Waals surface area contributed by atoms with Gasteiger partial charge in [0.05, 0.1) is 10.5 Å². The van der Waals surface area contributed by atoms with Crippen molar-refractivity contribution in [3.8, 4) is 5.75 Å². The number of aliphatic hydroxyl groups excluding tert-OH is 1. The van der Waals surface area contributed by atoms with E-state index in [1.807, 2.05) is 0 Å². The zero-order valence-corrected chi connectivity index (χ0v) is 11.9. The number of rotatable bonds is 5. The first-order valence-electron chi connectivity index (χ1n) is 6.63. The molecule has 116 valence electrons. The van der Waals surface area contributed by atoms with Crippen LogP contribution in [0.2, 0.25) is 0 Å². The standard InChI is InChI=1S/C17H13NO5/c19-14(11-17(21)15-3-1-2-4-16(15)20)10-7-12-5-8-13(9-6-12)18(22)23/h1-11,20-21H/b10-7+,17-11-. The van der Waals surface area contributed by atoms with E-state index in [-0.39, 0.29) is 22.8 Å². The van der Waals surface area contributed by atoms with E-state index in [1.165, 1.54) is 48.6 Å². The molecule has 0 spiro atoms. The molecule has 0 fully saturated rings. The second kappa shape index (κ2) is 7.04. The van der Waals surface area contributed by atoms with E-state index in [0.29, 0.717) is 5.56 Å². The summed E-state index contributed by atoms with van der Waals surface area (Å²) in [5, 5.41) is 30.0. The Labute approximate surface area is 131 Å². The molecule has 2 N–H and O–H groups in total. The second-order valence-electron chi connectivity index (χ2n) is 4.63. The minimum atomic E-state index is -0.508. The van der Waals surface area contributed by atoms with E-state index in [4.69, 9.17) is 0 Å². The van der Waals surface area contributed by atoms with E-state index < -0.39 is 10.7 Å². The molecule has 6 heteroatoms. The lowest BCUT2D eigenvalue weighted by molar-refractivity contribution is -0.384. The fraction of sp³-hybridized carbons (Fsp3) is 0. The molecule has 0 heterocycles. The molecule has 23 heavy (non-hydrogen) atoms. The number of phenolic OH excluding ortho intramolecular Hbond substituents is 1. The third-order valence-corrected chi connectivity index (χ3v) is 3.00. The number of carbonyl (C=O) groups excluding carboxylic acids is 1. The molecular weight excluding hydrogens is 298 g/mol. The largest absolute Gasteiger partial charge is 0.507 e. The third-order valence-electron chi connectivity index (χ3n) is 3.00. The highest BCUT2D eigenvalue weighted by Crippen LogP contribution is 2.22. The van der Waals surface area contributed by atoms with Crippen LogP contribution in [0.4, 0.5) is 5.69 Å². The molecule has 0 radical (unpaired) electrons. The molecule has 0 aromatic heterocycles. The molecule has 0 aliphatic rings. The van der Waals surface area contributed by atoms with E-state index in [0.717, 1.165) is 6.08 Å². The maximum atomic E-state index is 11.8. The Hall–Kier alpha value is -3.41. The summed E-state index contributed by atoms with van der Waals surface area (Å²) < 4.78 is 0. The summed E-state index contributed by atoms with van der Waals surface area (Å²) in [5.41, 5.74) is 0.731. The monoisotopic (exact) mass is 311 g/mol. The molecule has 6 nitrogen and oxygen atoms in total. The lowest BCUT2D eigenvalue weighted by Crippen LogP contribution is -1.91. The van der Waals surface area contributed by atoms with Crippen LogP contribution < -0.4 is 0 Å². The van der Waals surface area contributed by atoms with Crippen LogP contribution in [0.5, 0.6) is 5.75 Å². The fourth-order valence-electron chi connectivity index (χ4n) is 1.84. The summed E-state index contributed by atoms with van der Waals surface area (Å²) in [5.74, 6) is -0.959. The Bertz CT molecular complexity index is 791. The lowest BCUT2D eigenvalue weighted by Gasteiger charge is -2.01. The topological polar surface area (TPSA) is 101 Å². The van der Waals surface area contributed by atoms with Gasteiger partial charge < -0.3 is 10.2 Å². The molecule has 0 aliphatic heterocycles. The van der Waals surface area contributed by atoms with Crippen LogP contribution in [0.15, 0.2) is 60.7 Å². The molecule has 0 bridgehead atoms. The number of nitro groups is 1. The van der Waals surface area contributed by atoms with Gasteiger partial charge in [0.1, 0.15) is 11.5 Å². The molecular formula is C17H13NO5. The number of carbonyl (C=O) groups is 1. The maximum absolute atomic E-state index is 11.8. The molecule has 0 saturated heterocycles. The summed E-state index contributed by atoms with van der Waals surface area (Å²) in [6.45, 7) is 0. The number of para-hydroxylation sites is 1. The molecule has 0 aliphatic carbocycles. The Morgan fingerprint density at radius 3 is 2.35 bits per heavy atom. The van der Waals surface area contributed by atoms with E-state index in [9.17, 15) is 25.1 Å². The van der Waals surface area contributed by atoms with Crippen molar-refractivity contribution in [3.63, 3.8) is 0 Å². The summed E-state index contributed by atoms with van der Waals surface area (Å²) in [6, 6.07) is 11.8. The number of ketones is 1. The fourth-order valence-corrected chi connectivity index (χ4v) is 1.84. The first kappa shape index (κ1) is 16.0. The van der Waals surface area contributed by atoms with Gasteiger partial charge in [-0.2, -0.15) is 0 Å². The number of nitrogens with zero attached hydrogens (tertiary/aromatic N) is 1. The number of hydrogen-bond acceptors (Lipinski definition) is 5. The van der Waals surface area contributed by atoms with Crippen molar-refractivity contribution >= 4 is 23.3 Å². The van der Waals surface area contributed by atoms with E-state index >= 15 is 0 Å². The Morgan fingerprint density at radius 1 is 1.09 bits per heavy atom. The number of allylic oxidation sites excluding steroid dienone is 2. The predicted molar refractivity (Wildman–Crippen MR) is 85.9 cm³/mol. The van der Waals surface area contributed by atoms with Gasteiger partial charge in [-0.3, -0.25) is 14.9 Å². The Kier molecular flexibility index (Phi) is 4.89. The molecule has 0 atom stereocenters. The summed E-state index contributed by atoms with van der Waals surface area (Å²) >= 11 is 0. The van der Waals surface area contributed by atoms with Crippen LogP contribution in [0, 0.1) is 10.1 Å². The molecule has 2 aromatic carbocycles. The summed E-state index contributed by atoms with van der Waals surface area (Å²) in [6.07, 6.45) is 3.68. The molecule has 2 aromatic rings. The van der Waals surface area contributed by atoms with Crippen molar-refractivity contribution in [2.75, 3.05) is 0 Å². The molecule has 2 rings (SSSR count). The van der Waals surface area contributed by atoms with Gasteiger partial charge in [-0.25, -0.2) is 0 Å². The summed E-state index contributed by atoms with van der Waals surface area (Å²) in [7, 11) is 0. The van der Waals surface area contributed by atoms with E-state index in [1.54, 1.807) is 12.1 Å². The van der Waals surface area contributed by atoms with Crippen LogP contribution in [0.1, 0.15) is 11.1 Å². The predicted octanol–water partition coefficient (Wildman–Crippen LogP) is 3.48. The van der Waals surface area contributed by atoms with Crippen LogP contribution in [0.25, 0.3) is 11.8 Å². The second-order valence-corrected chi connectivity index (χ2v) is 4.63. The number of hydrogen-bond donors (Lipinski definition) is 2. The van der Waals surface area contributed by atoms with Gasteiger partial charge in [0.25, 0.3) is 5.69 Å². The van der Waals surface area contributed by atoms with Gasteiger partial charge in [-0.15, -0.1) is 0 Å². The van der Waals surface area contributed by atoms with Gasteiger partial charge in [-0.05, 0) is 35.9 Å². The number of aromatic hydroxyl groups is 1. The highest BCUT2D eigenvalue weighted by molar-refractivity contribution is 6.05. The molecule has 0 amide bonds. The lowest BCUT2D eigenvalue weighted by atomic mass is 10.1. The van der Waals surface area contributed by atoms with Crippen LogP contribution in [-0.2, 0) is 4.79 Å². The van der Waals surface area contributed by atoms with Crippen molar-refractivity contribution in [2.24, 2.45) is 0 Å². The van der Waals surface area contributed by atoms with Crippen LogP contribution >= 0.6 is 0 Å². The minimum absolute atomic E-state index is 0.0365. The average molecular weight is 311 g/mol. The van der Waals surface area contributed by atoms with Gasteiger partial charge in [0, 0.05) is 18.2 Å². The Balaban J connectivity index is 2.10. The SMILES string of the molecule is O=C(/C=C(\O)c1ccccc1O)/C=C/c1ccc([N+](=O)[O-])cc1. The first-order valence-corrected chi connectivity index (χ1v) is 6.63. The average Bonchev–Trinajstić information content (AvgIpc) is 2.53. The number of benzene rings is 2. The summed E-state index contributed by atoms with van der Waals surface area (Å²) in [4.78, 5) is 21.8. The third kappa shape index (κ3) is 4.28. The van der Waals surface area contributed by atoms with Crippen molar-refractivity contribution in [2.45, 2.75) is 0 Å². The molecule has 0 saturated carbocycles. The zero-order valence-electron chi connectivity index (χ0n) is 11.9. The van der Waals surface area contributed by atoms with Crippen molar-refractivity contribution in [3.05, 3.63) is 81.9 Å². The van der Waals surface area contributed by atoms with E-state index in [2.05, 4.69) is 0 Å². The highest BCUT2D eigenvalue weighted by atomic mass is 16.6. The normalized spacial score (nSPS) is 11.6. The van der Waals surface area contributed by atoms with Gasteiger partial charge in [0.2, 0.25) is 0 Å². The van der Waals surface area contributed by atoms with Gasteiger partial charge >= 0.3 is 0 Å². The number of phenols is 1. The number of nitro benzene ring substituents is 1. The maximum Gasteiger partial charge on any atom is 0.269 e. The van der Waals surface area contributed by atoms with Gasteiger partial charge in [0.15, 0.2) is 5.78 Å². The number of non-ortho nitro benzene ring substituents is 1. The van der Waals surface area contributed by atoms with Crippen molar-refractivity contribution < 1.29 is 19.9 Å². The zero-order chi connectivity index (χ0) is 16.8. The Morgan fingerprint density at radius 2 is 1.74 bits per heavy atom. The first-order chi connectivity index (χ1) is 11.0. The van der Waals surface area contributed by atoms with Crippen LogP contribution in [-0.4, -0.2) is 20.9 Å². The number of aliphatic hydroxyl groups is 1. The van der Waals surface area contributed by atoms with Crippen LogP contribution in [0.3, 0.4) is 0 Å². The van der Waals surface area contributed by atoms with Gasteiger partial charge in [-0.1, -0.05) is 18.2 Å². The smallest absolute Gasteiger partial charge is 0.269 e. The quantitative estimate of drug-likeness (QED) is 0.381. The van der Waals surface area contributed by atoms with Crippen molar-refractivity contribution in [1.29, 1.82) is 0 Å².